The molecular weight excluding hydrogens is 300 g/mol. The lowest BCUT2D eigenvalue weighted by Crippen LogP contribution is -2.29. The zero-order chi connectivity index (χ0) is 16.4. The van der Waals surface area contributed by atoms with Crippen molar-refractivity contribution in [1.29, 1.82) is 0 Å². The van der Waals surface area contributed by atoms with Crippen molar-refractivity contribution in [3.8, 4) is 5.75 Å². The third-order valence-electron chi connectivity index (χ3n) is 3.58. The number of carbonyl (C=O) groups excluding carboxylic acids is 1. The van der Waals surface area contributed by atoms with Gasteiger partial charge in [0.2, 0.25) is 0 Å². The van der Waals surface area contributed by atoms with Crippen LogP contribution in [0, 0.1) is 10.1 Å². The Kier molecular flexibility index (Phi) is 3.80. The van der Waals surface area contributed by atoms with E-state index in [0.717, 1.165) is 23.6 Å². The van der Waals surface area contributed by atoms with Crippen LogP contribution in [-0.2, 0) is 6.54 Å². The summed E-state index contributed by atoms with van der Waals surface area (Å²) in [5.74, 6) is 0.343. The average Bonchev–Trinajstić information content (AvgIpc) is 2.76. The van der Waals surface area contributed by atoms with Crippen LogP contribution in [0.5, 0.6) is 5.75 Å². The number of fused-ring (bicyclic) bond motifs is 1. The predicted molar refractivity (Wildman–Crippen MR) is 82.4 cm³/mol. The molecule has 0 radical (unpaired) electrons. The summed E-state index contributed by atoms with van der Waals surface area (Å²) in [6, 6.07) is 8.72. The Hall–Kier alpha value is -3.16. The molecule has 0 unspecified atom stereocenters. The van der Waals surface area contributed by atoms with E-state index in [1.54, 1.807) is 0 Å². The zero-order valence-electron chi connectivity index (χ0n) is 12.1. The van der Waals surface area contributed by atoms with Gasteiger partial charge in [0.15, 0.2) is 0 Å². The van der Waals surface area contributed by atoms with Crippen molar-refractivity contribution in [2.75, 3.05) is 18.1 Å². The second-order valence-electron chi connectivity index (χ2n) is 5.06. The van der Waals surface area contributed by atoms with Gasteiger partial charge in [-0.25, -0.2) is 4.98 Å². The number of anilines is 1. The molecule has 118 valence electrons. The van der Waals surface area contributed by atoms with Gasteiger partial charge in [-0.15, -0.1) is 0 Å². The summed E-state index contributed by atoms with van der Waals surface area (Å²) in [7, 11) is 0. The summed E-state index contributed by atoms with van der Waals surface area (Å²) in [6.45, 7) is 1.37. The summed E-state index contributed by atoms with van der Waals surface area (Å²) in [5.41, 5.74) is 6.07. The Morgan fingerprint density at radius 3 is 2.91 bits per heavy atom. The van der Waals surface area contributed by atoms with Crippen LogP contribution < -0.4 is 15.4 Å². The molecule has 0 fully saturated rings. The number of amides is 1. The molecule has 2 N–H and O–H groups in total. The first-order valence-corrected chi connectivity index (χ1v) is 6.96. The van der Waals surface area contributed by atoms with Gasteiger partial charge in [0.1, 0.15) is 24.4 Å². The molecule has 0 aliphatic carbocycles. The zero-order valence-corrected chi connectivity index (χ0v) is 12.1. The highest BCUT2D eigenvalue weighted by Crippen LogP contribution is 2.28. The normalized spacial score (nSPS) is 13.7. The molecule has 1 aliphatic heterocycles. The third-order valence-corrected chi connectivity index (χ3v) is 3.58. The number of aromatic nitrogens is 1. The number of hydrogen-bond donors (Lipinski definition) is 1. The van der Waals surface area contributed by atoms with E-state index in [-0.39, 0.29) is 11.3 Å². The molecule has 0 saturated heterocycles. The van der Waals surface area contributed by atoms with Crippen molar-refractivity contribution >= 4 is 17.4 Å². The van der Waals surface area contributed by atoms with Crippen molar-refractivity contribution in [3.05, 3.63) is 57.8 Å². The van der Waals surface area contributed by atoms with E-state index < -0.39 is 10.8 Å². The van der Waals surface area contributed by atoms with Crippen molar-refractivity contribution < 1.29 is 14.5 Å². The molecule has 0 spiro atoms. The molecule has 2 heterocycles. The Bertz CT molecular complexity index is 778. The second kappa shape index (κ2) is 5.91. The molecule has 2 aromatic rings. The molecular formula is C15H14N4O4. The van der Waals surface area contributed by atoms with Crippen LogP contribution in [0.4, 0.5) is 11.5 Å². The van der Waals surface area contributed by atoms with E-state index >= 15 is 0 Å². The number of para-hydroxylation sites is 1. The Labute approximate surface area is 131 Å². The van der Waals surface area contributed by atoms with E-state index in [1.807, 2.05) is 29.2 Å². The van der Waals surface area contributed by atoms with Crippen LogP contribution in [0.15, 0.2) is 36.5 Å². The van der Waals surface area contributed by atoms with Crippen LogP contribution in [0.2, 0.25) is 0 Å². The Morgan fingerprint density at radius 2 is 2.17 bits per heavy atom. The number of nitrogens with zero attached hydrogens (tertiary/aromatic N) is 3. The van der Waals surface area contributed by atoms with Crippen molar-refractivity contribution in [2.24, 2.45) is 5.73 Å². The van der Waals surface area contributed by atoms with Gasteiger partial charge in [-0.1, -0.05) is 18.2 Å². The molecule has 8 nitrogen and oxygen atoms in total. The predicted octanol–water partition coefficient (Wildman–Crippen LogP) is 1.49. The Balaban J connectivity index is 2.01. The van der Waals surface area contributed by atoms with Crippen LogP contribution in [0.3, 0.4) is 0 Å². The number of nitro groups is 1. The topological polar surface area (TPSA) is 112 Å². The molecule has 1 amide bonds. The number of nitrogens with two attached hydrogens (primary N) is 1. The standard InChI is InChI=1S/C15H14N4O4/c16-14(20)12-7-11(19(21)22)8-17-15(12)18-5-6-23-13-4-2-1-3-10(13)9-18/h1-4,7-8H,5-6,9H2,(H2,16,20). The molecule has 1 aromatic heterocycles. The highest BCUT2D eigenvalue weighted by atomic mass is 16.6. The first-order chi connectivity index (χ1) is 11.1. The van der Waals surface area contributed by atoms with Crippen molar-refractivity contribution in [1.82, 2.24) is 4.98 Å². The van der Waals surface area contributed by atoms with Gasteiger partial charge < -0.3 is 15.4 Å². The lowest BCUT2D eigenvalue weighted by Gasteiger charge is -2.22. The quantitative estimate of drug-likeness (QED) is 0.678. The first kappa shape index (κ1) is 14.8. The van der Waals surface area contributed by atoms with Gasteiger partial charge in [0.25, 0.3) is 11.6 Å². The minimum atomic E-state index is -0.755. The number of ether oxygens (including phenoxy) is 1. The largest absolute Gasteiger partial charge is 0.491 e. The lowest BCUT2D eigenvalue weighted by molar-refractivity contribution is -0.385. The SMILES string of the molecule is NC(=O)c1cc([N+](=O)[O-])cnc1N1CCOc2ccccc2C1. The Morgan fingerprint density at radius 1 is 1.39 bits per heavy atom. The molecule has 0 saturated carbocycles. The molecule has 0 bridgehead atoms. The maximum Gasteiger partial charge on any atom is 0.288 e. The van der Waals surface area contributed by atoms with E-state index in [9.17, 15) is 14.9 Å². The van der Waals surface area contributed by atoms with Gasteiger partial charge in [-0.2, -0.15) is 0 Å². The number of primary amides is 1. The van der Waals surface area contributed by atoms with Crippen LogP contribution in [0.25, 0.3) is 0 Å². The summed E-state index contributed by atoms with van der Waals surface area (Å²) in [6.07, 6.45) is 1.12. The van der Waals surface area contributed by atoms with Crippen molar-refractivity contribution in [2.45, 2.75) is 6.54 Å². The molecule has 0 atom stereocenters. The van der Waals surface area contributed by atoms with Gasteiger partial charge in [-0.3, -0.25) is 14.9 Å². The highest BCUT2D eigenvalue weighted by molar-refractivity contribution is 5.98. The highest BCUT2D eigenvalue weighted by Gasteiger charge is 2.23. The van der Waals surface area contributed by atoms with E-state index in [4.69, 9.17) is 10.5 Å². The van der Waals surface area contributed by atoms with Gasteiger partial charge in [-0.05, 0) is 6.07 Å². The molecule has 1 aliphatic rings. The van der Waals surface area contributed by atoms with Gasteiger partial charge in [0.05, 0.1) is 17.0 Å². The van der Waals surface area contributed by atoms with E-state index in [2.05, 4.69) is 4.98 Å². The van der Waals surface area contributed by atoms with Gasteiger partial charge >= 0.3 is 0 Å². The van der Waals surface area contributed by atoms with E-state index in [0.29, 0.717) is 25.5 Å². The van der Waals surface area contributed by atoms with Gasteiger partial charge in [0, 0.05) is 18.2 Å². The fourth-order valence-electron chi connectivity index (χ4n) is 2.49. The number of hydrogen-bond acceptors (Lipinski definition) is 6. The maximum atomic E-state index is 11.7. The van der Waals surface area contributed by atoms with Crippen LogP contribution in [0.1, 0.15) is 15.9 Å². The smallest absolute Gasteiger partial charge is 0.288 e. The molecule has 8 heteroatoms. The second-order valence-corrected chi connectivity index (χ2v) is 5.06. The number of pyridine rings is 1. The average molecular weight is 314 g/mol. The lowest BCUT2D eigenvalue weighted by atomic mass is 10.1. The fourth-order valence-corrected chi connectivity index (χ4v) is 2.49. The molecule has 23 heavy (non-hydrogen) atoms. The van der Waals surface area contributed by atoms with E-state index in [1.165, 1.54) is 0 Å². The summed E-state index contributed by atoms with van der Waals surface area (Å²) in [4.78, 5) is 27.8. The maximum absolute atomic E-state index is 11.7. The first-order valence-electron chi connectivity index (χ1n) is 6.96. The molecule has 3 rings (SSSR count). The monoisotopic (exact) mass is 314 g/mol. The van der Waals surface area contributed by atoms with Crippen molar-refractivity contribution in [3.63, 3.8) is 0 Å². The number of benzene rings is 1. The van der Waals surface area contributed by atoms with Crippen LogP contribution in [-0.4, -0.2) is 29.0 Å². The fraction of sp³-hybridized carbons (Fsp3) is 0.200. The summed E-state index contributed by atoms with van der Waals surface area (Å²) < 4.78 is 5.67. The van der Waals surface area contributed by atoms with Crippen LogP contribution >= 0.6 is 0 Å². The number of rotatable bonds is 3. The molecule has 1 aromatic carbocycles. The summed E-state index contributed by atoms with van der Waals surface area (Å²) in [5, 5.41) is 10.9. The minimum absolute atomic E-state index is 0.0265. The minimum Gasteiger partial charge on any atom is -0.491 e. The third kappa shape index (κ3) is 2.91. The number of carbonyl (C=O) groups is 1. The summed E-state index contributed by atoms with van der Waals surface area (Å²) >= 11 is 0.